The van der Waals surface area contributed by atoms with Crippen LogP contribution >= 0.6 is 0 Å². The Bertz CT molecular complexity index is 1310. The predicted octanol–water partition coefficient (Wildman–Crippen LogP) is 6.87. The molecule has 182 valence electrons. The summed E-state index contributed by atoms with van der Waals surface area (Å²) < 4.78 is 0. The van der Waals surface area contributed by atoms with Crippen molar-refractivity contribution in [1.29, 1.82) is 0 Å². The van der Waals surface area contributed by atoms with Crippen molar-refractivity contribution in [3.05, 3.63) is 134 Å². The number of para-hydroxylation sites is 2. The van der Waals surface area contributed by atoms with Crippen molar-refractivity contribution in [3.8, 4) is 0 Å². The fourth-order valence-corrected chi connectivity index (χ4v) is 7.80. The van der Waals surface area contributed by atoms with Gasteiger partial charge in [-0.05, 0) is 50.4 Å². The molecule has 6 aromatic rings. The Morgan fingerprint density at radius 3 is 1.22 bits per heavy atom. The summed E-state index contributed by atoms with van der Waals surface area (Å²) in [7, 11) is -2.70. The second kappa shape index (κ2) is 11.3. The van der Waals surface area contributed by atoms with Gasteiger partial charge < -0.3 is 14.8 Å². The molecule has 0 amide bonds. The molecule has 0 saturated carbocycles. The first kappa shape index (κ1) is 25.2. The van der Waals surface area contributed by atoms with Crippen molar-refractivity contribution in [2.24, 2.45) is 0 Å². The van der Waals surface area contributed by atoms with Gasteiger partial charge in [0.05, 0.1) is 0 Å². The topological polar surface area (TPSA) is 51.8 Å². The number of hydrogen-bond acceptors (Lipinski definition) is 1. The molecule has 2 heterocycles. The van der Waals surface area contributed by atoms with E-state index in [0.29, 0.717) is 0 Å². The minimum atomic E-state index is -2.70. The van der Waals surface area contributed by atoms with Gasteiger partial charge in [0, 0.05) is 23.4 Å². The van der Waals surface area contributed by atoms with E-state index in [4.69, 9.17) is 0 Å². The first-order chi connectivity index (χ1) is 17.4. The average Bonchev–Trinajstić information content (AvgIpc) is 3.59. The summed E-state index contributed by atoms with van der Waals surface area (Å²) in [5, 5.41) is 4.55. The summed E-state index contributed by atoms with van der Waals surface area (Å²) in [6.07, 6.45) is 3.90. The molecule has 6 rings (SSSR count). The molecule has 0 saturated heterocycles. The molecular weight excluding hydrogens is 456 g/mol. The molecule has 0 aliphatic carbocycles. The maximum absolute atomic E-state index is 11.4. The molecule has 0 atom stereocenters. The second-order valence-electron chi connectivity index (χ2n) is 9.82. The minimum absolute atomic E-state index is 0.143. The van der Waals surface area contributed by atoms with E-state index >= 15 is 0 Å². The predicted molar refractivity (Wildman–Crippen MR) is 156 cm³/mol. The normalized spacial score (nSPS) is 11.3. The first-order valence-electron chi connectivity index (χ1n) is 12.3. The Hall–Kier alpha value is -3.86. The third kappa shape index (κ3) is 5.68. The van der Waals surface area contributed by atoms with E-state index in [9.17, 15) is 4.80 Å². The molecule has 36 heavy (non-hydrogen) atoms. The molecule has 0 spiro atoms. The summed E-state index contributed by atoms with van der Waals surface area (Å²) >= 11 is 0. The van der Waals surface area contributed by atoms with Gasteiger partial charge in [0.15, 0.2) is 0 Å². The molecule has 2 aromatic heterocycles. The van der Waals surface area contributed by atoms with Gasteiger partial charge in [-0.3, -0.25) is 0 Å². The van der Waals surface area contributed by atoms with E-state index in [1.165, 1.54) is 21.8 Å². The highest BCUT2D eigenvalue weighted by Crippen LogP contribution is 2.33. The zero-order chi connectivity index (χ0) is 25.4. The number of H-pyrrole nitrogens is 2. The van der Waals surface area contributed by atoms with E-state index in [1.807, 2.05) is 97.3 Å². The van der Waals surface area contributed by atoms with Crippen molar-refractivity contribution in [3.63, 3.8) is 0 Å². The van der Waals surface area contributed by atoms with Gasteiger partial charge in [0.25, 0.3) is 8.32 Å². The molecule has 3 nitrogen and oxygen atoms in total. The van der Waals surface area contributed by atoms with Crippen LogP contribution in [0.4, 0.5) is 0 Å². The largest absolute Gasteiger partial charge is 0.424 e. The molecule has 0 bridgehead atoms. The van der Waals surface area contributed by atoms with Crippen LogP contribution in [0.2, 0.25) is 5.04 Å². The number of benzene rings is 4. The molecule has 0 aliphatic heterocycles. The molecule has 0 unspecified atom stereocenters. The van der Waals surface area contributed by atoms with Crippen LogP contribution in [0.1, 0.15) is 20.8 Å². The summed E-state index contributed by atoms with van der Waals surface area (Å²) in [6, 6.07) is 40.7. The summed E-state index contributed by atoms with van der Waals surface area (Å²) in [4.78, 5) is 17.7. The summed E-state index contributed by atoms with van der Waals surface area (Å²) in [5.74, 6) is 0. The van der Waals surface area contributed by atoms with Crippen LogP contribution in [-0.2, 0) is 0 Å². The quantitative estimate of drug-likeness (QED) is 0.228. The van der Waals surface area contributed by atoms with Gasteiger partial charge >= 0.3 is 0 Å². The van der Waals surface area contributed by atoms with Crippen LogP contribution in [0.25, 0.3) is 21.8 Å². The van der Waals surface area contributed by atoms with Crippen LogP contribution in [0.5, 0.6) is 0 Å². The molecule has 0 aliphatic rings. The SMILES string of the molecule is CC(C)(C)[Si](O)(c1ccccc1)c1ccccc1.c1ccc2[nH]ccc2c1.c1ccc2[nH]ccc2c1. The lowest BCUT2D eigenvalue weighted by Crippen LogP contribution is -2.64. The Kier molecular flexibility index (Phi) is 7.89. The highest BCUT2D eigenvalue weighted by Gasteiger charge is 2.46. The maximum Gasteiger partial charge on any atom is 0.258 e. The van der Waals surface area contributed by atoms with Crippen LogP contribution in [0, 0.1) is 0 Å². The zero-order valence-electron chi connectivity index (χ0n) is 21.1. The lowest BCUT2D eigenvalue weighted by Gasteiger charge is -2.38. The van der Waals surface area contributed by atoms with E-state index in [0.717, 1.165) is 10.4 Å². The third-order valence-electron chi connectivity index (χ3n) is 6.39. The smallest absolute Gasteiger partial charge is 0.258 e. The lowest BCUT2D eigenvalue weighted by atomic mass is 10.2. The van der Waals surface area contributed by atoms with Gasteiger partial charge in [-0.25, -0.2) is 0 Å². The number of aromatic nitrogens is 2. The molecule has 4 heteroatoms. The Morgan fingerprint density at radius 2 is 0.861 bits per heavy atom. The van der Waals surface area contributed by atoms with Crippen LogP contribution in [0.15, 0.2) is 134 Å². The Labute approximate surface area is 214 Å². The van der Waals surface area contributed by atoms with Crippen molar-refractivity contribution >= 4 is 40.5 Å². The van der Waals surface area contributed by atoms with Gasteiger partial charge in [0.1, 0.15) is 0 Å². The molecular formula is C32H34N2OSi. The van der Waals surface area contributed by atoms with E-state index in [2.05, 4.69) is 67.1 Å². The van der Waals surface area contributed by atoms with Crippen LogP contribution in [-0.4, -0.2) is 23.1 Å². The lowest BCUT2D eigenvalue weighted by molar-refractivity contribution is 0.505. The number of rotatable bonds is 2. The monoisotopic (exact) mass is 490 g/mol. The number of nitrogens with one attached hydrogen (secondary N) is 2. The third-order valence-corrected chi connectivity index (χ3v) is 10.9. The van der Waals surface area contributed by atoms with Crippen LogP contribution < -0.4 is 10.4 Å². The van der Waals surface area contributed by atoms with Gasteiger partial charge in [0.2, 0.25) is 0 Å². The van der Waals surface area contributed by atoms with E-state index < -0.39 is 8.32 Å². The number of aromatic amines is 2. The summed E-state index contributed by atoms with van der Waals surface area (Å²) in [5.41, 5.74) is 2.41. The fraction of sp³-hybridized carbons (Fsp3) is 0.125. The number of hydrogen-bond donors (Lipinski definition) is 3. The fourth-order valence-electron chi connectivity index (χ4n) is 4.38. The van der Waals surface area contributed by atoms with E-state index in [-0.39, 0.29) is 5.04 Å². The first-order valence-corrected chi connectivity index (χ1v) is 14.2. The van der Waals surface area contributed by atoms with Crippen molar-refractivity contribution in [2.75, 3.05) is 0 Å². The second-order valence-corrected chi connectivity index (χ2v) is 13.9. The van der Waals surface area contributed by atoms with E-state index in [1.54, 1.807) is 0 Å². The van der Waals surface area contributed by atoms with Crippen LogP contribution in [0.3, 0.4) is 0 Å². The van der Waals surface area contributed by atoms with Gasteiger partial charge in [-0.1, -0.05) is 118 Å². The van der Waals surface area contributed by atoms with Crippen molar-refractivity contribution in [2.45, 2.75) is 25.8 Å². The Balaban J connectivity index is 0.000000140. The number of fused-ring (bicyclic) bond motifs is 2. The van der Waals surface area contributed by atoms with Gasteiger partial charge in [-0.2, -0.15) is 0 Å². The molecule has 3 N–H and O–H groups in total. The molecule has 0 radical (unpaired) electrons. The van der Waals surface area contributed by atoms with Crippen molar-refractivity contribution in [1.82, 2.24) is 9.97 Å². The highest BCUT2D eigenvalue weighted by atomic mass is 28.4. The Morgan fingerprint density at radius 1 is 0.500 bits per heavy atom. The maximum atomic E-state index is 11.4. The highest BCUT2D eigenvalue weighted by molar-refractivity contribution is 6.98. The van der Waals surface area contributed by atoms with Crippen molar-refractivity contribution < 1.29 is 4.80 Å². The molecule has 4 aromatic carbocycles. The summed E-state index contributed by atoms with van der Waals surface area (Å²) in [6.45, 7) is 6.37. The van der Waals surface area contributed by atoms with Gasteiger partial charge in [-0.15, -0.1) is 0 Å². The molecule has 0 fully saturated rings. The average molecular weight is 491 g/mol. The zero-order valence-corrected chi connectivity index (χ0v) is 22.1. The standard InChI is InChI=1S/C16H20OSi.2C8H7N/c1-16(2,3)18(17,14-10-6-4-7-11-14)15-12-8-5-9-13-15;2*1-2-4-8-7(3-1)5-6-9-8/h4-13,17H,1-3H3;2*1-6,9H. The minimum Gasteiger partial charge on any atom is -0.424 e.